The first kappa shape index (κ1) is 19.6. The predicted octanol–water partition coefficient (Wildman–Crippen LogP) is 6.84. The van der Waals surface area contributed by atoms with Gasteiger partial charge in [0.05, 0.1) is 17.1 Å². The molecule has 5 aromatic rings. The van der Waals surface area contributed by atoms with E-state index in [0.717, 1.165) is 43.9 Å². The van der Waals surface area contributed by atoms with Gasteiger partial charge in [-0.2, -0.15) is 0 Å². The van der Waals surface area contributed by atoms with E-state index in [-0.39, 0.29) is 29.3 Å². The summed E-state index contributed by atoms with van der Waals surface area (Å²) in [4.78, 5) is 26.7. The Morgan fingerprint density at radius 2 is 1.44 bits per heavy atom. The van der Waals surface area contributed by atoms with Crippen molar-refractivity contribution >= 4 is 50.2 Å². The minimum Gasteiger partial charge on any atom is -0.482 e. The van der Waals surface area contributed by atoms with Crippen molar-refractivity contribution in [3.63, 3.8) is 0 Å². The number of benzene rings is 4. The number of ketones is 2. The van der Waals surface area contributed by atoms with Crippen LogP contribution in [-0.2, 0) is 0 Å². The van der Waals surface area contributed by atoms with Crippen LogP contribution in [0.1, 0.15) is 32.3 Å². The number of carbonyl (C=O) groups is 2. The molecule has 2 heterocycles. The molecule has 0 saturated carbocycles. The molecule has 1 aliphatic heterocycles. The number of ether oxygens (including phenoxy) is 1. The number of nitrogens with zero attached hydrogens (tertiary/aromatic N) is 1. The van der Waals surface area contributed by atoms with Gasteiger partial charge in [0.25, 0.3) is 0 Å². The van der Waals surface area contributed by atoms with E-state index in [1.807, 2.05) is 54.6 Å². The number of allylic oxidation sites excluding steroid dienone is 3. The molecule has 3 aliphatic rings. The van der Waals surface area contributed by atoms with Gasteiger partial charge in [0.2, 0.25) is 0 Å². The Bertz CT molecular complexity index is 1860. The lowest BCUT2D eigenvalue weighted by atomic mass is 10.0. The number of aromatic nitrogens is 1. The van der Waals surface area contributed by atoms with Crippen molar-refractivity contribution in [2.75, 3.05) is 0 Å². The lowest BCUT2D eigenvalue weighted by molar-refractivity contribution is 0.0990. The maximum Gasteiger partial charge on any atom is 0.197 e. The second kappa shape index (κ2) is 6.92. The molecule has 170 valence electrons. The average Bonchev–Trinajstić information content (AvgIpc) is 3.36. The summed E-state index contributed by atoms with van der Waals surface area (Å²) in [6.07, 6.45) is 9.93. The van der Waals surface area contributed by atoms with Gasteiger partial charge in [-0.1, -0.05) is 60.7 Å². The molecule has 2 aliphatic carbocycles. The highest BCUT2D eigenvalue weighted by Gasteiger charge is 2.35. The molecule has 0 amide bonds. The first-order valence-corrected chi connectivity index (χ1v) is 12.1. The second-order valence-corrected chi connectivity index (χ2v) is 9.61. The Balaban J connectivity index is 1.34. The molecule has 0 fully saturated rings. The first-order chi connectivity index (χ1) is 17.7. The van der Waals surface area contributed by atoms with Crippen LogP contribution in [0.5, 0.6) is 5.75 Å². The van der Waals surface area contributed by atoms with Crippen LogP contribution in [0.3, 0.4) is 0 Å². The minimum absolute atomic E-state index is 0.0794. The number of Topliss-reactive ketones (excluding diaryl/α,β-unsaturated/α-hetero) is 2. The van der Waals surface area contributed by atoms with Gasteiger partial charge < -0.3 is 9.30 Å². The summed E-state index contributed by atoms with van der Waals surface area (Å²) in [5.74, 6) is 0.314. The quantitative estimate of drug-likeness (QED) is 0.201. The van der Waals surface area contributed by atoms with Crippen molar-refractivity contribution in [3.8, 4) is 5.75 Å². The summed E-state index contributed by atoms with van der Waals surface area (Å²) in [5.41, 5.74) is 4.11. The Labute approximate surface area is 206 Å². The SMILES string of the molecule is O=C1C(=Cc2cc3c4c(c2)c2ccccc2n4C2C=CC=CC2O3)C(=O)c2cc3ccccc3cc21. The Morgan fingerprint density at radius 1 is 0.750 bits per heavy atom. The van der Waals surface area contributed by atoms with Gasteiger partial charge in [0.1, 0.15) is 11.9 Å². The van der Waals surface area contributed by atoms with Crippen LogP contribution in [-0.4, -0.2) is 22.2 Å². The van der Waals surface area contributed by atoms with Gasteiger partial charge in [-0.05, 0) is 58.8 Å². The van der Waals surface area contributed by atoms with Crippen molar-refractivity contribution in [1.29, 1.82) is 0 Å². The molecule has 0 radical (unpaired) electrons. The van der Waals surface area contributed by atoms with Gasteiger partial charge in [-0.3, -0.25) is 9.59 Å². The predicted molar refractivity (Wildman–Crippen MR) is 142 cm³/mol. The molecule has 4 heteroatoms. The maximum absolute atomic E-state index is 13.3. The fourth-order valence-electron chi connectivity index (χ4n) is 5.97. The number of para-hydroxylation sites is 1. The van der Waals surface area contributed by atoms with Crippen LogP contribution in [0.15, 0.2) is 103 Å². The fraction of sp³-hybridized carbons (Fsp3) is 0.0625. The van der Waals surface area contributed by atoms with Crippen LogP contribution < -0.4 is 4.74 Å². The van der Waals surface area contributed by atoms with Crippen LogP contribution >= 0.6 is 0 Å². The fourth-order valence-corrected chi connectivity index (χ4v) is 5.97. The van der Waals surface area contributed by atoms with E-state index in [0.29, 0.717) is 11.1 Å². The summed E-state index contributed by atoms with van der Waals surface area (Å²) in [5, 5.41) is 4.09. The molecule has 4 nitrogen and oxygen atoms in total. The first-order valence-electron chi connectivity index (χ1n) is 12.1. The number of hydrogen-bond acceptors (Lipinski definition) is 3. The van der Waals surface area contributed by atoms with E-state index < -0.39 is 0 Å². The summed E-state index contributed by atoms with van der Waals surface area (Å²) >= 11 is 0. The minimum atomic E-state index is -0.224. The number of fused-ring (bicyclic) bond motifs is 7. The van der Waals surface area contributed by atoms with Gasteiger partial charge in [-0.15, -0.1) is 0 Å². The molecule has 0 bridgehead atoms. The van der Waals surface area contributed by atoms with E-state index in [4.69, 9.17) is 4.74 Å². The normalized spacial score (nSPS) is 19.7. The van der Waals surface area contributed by atoms with E-state index in [9.17, 15) is 9.59 Å². The Morgan fingerprint density at radius 3 is 2.22 bits per heavy atom. The molecular formula is C32H19NO3. The molecule has 4 aromatic carbocycles. The zero-order valence-electron chi connectivity index (χ0n) is 19.1. The topological polar surface area (TPSA) is 48.3 Å². The van der Waals surface area contributed by atoms with Crippen LogP contribution in [0.25, 0.3) is 38.7 Å². The Hall–Kier alpha value is -4.70. The van der Waals surface area contributed by atoms with Crippen LogP contribution in [0.4, 0.5) is 0 Å². The van der Waals surface area contributed by atoms with Crippen molar-refractivity contribution in [1.82, 2.24) is 4.57 Å². The highest BCUT2D eigenvalue weighted by Crippen LogP contribution is 2.45. The second-order valence-electron chi connectivity index (χ2n) is 9.61. The monoisotopic (exact) mass is 465 g/mol. The molecule has 0 spiro atoms. The van der Waals surface area contributed by atoms with Crippen molar-refractivity contribution in [3.05, 3.63) is 119 Å². The van der Waals surface area contributed by atoms with Gasteiger partial charge in [0.15, 0.2) is 11.6 Å². The molecule has 1 aromatic heterocycles. The zero-order chi connectivity index (χ0) is 24.0. The third-order valence-corrected chi connectivity index (χ3v) is 7.59. The molecule has 2 unspecified atom stereocenters. The summed E-state index contributed by atoms with van der Waals surface area (Å²) in [6, 6.07) is 23.9. The van der Waals surface area contributed by atoms with E-state index in [2.05, 4.69) is 47.1 Å². The average molecular weight is 466 g/mol. The highest BCUT2D eigenvalue weighted by atomic mass is 16.5. The largest absolute Gasteiger partial charge is 0.482 e. The molecule has 0 saturated heterocycles. The van der Waals surface area contributed by atoms with Gasteiger partial charge in [0, 0.05) is 27.4 Å². The van der Waals surface area contributed by atoms with Crippen LogP contribution in [0, 0.1) is 0 Å². The number of rotatable bonds is 1. The Kier molecular flexibility index (Phi) is 3.77. The van der Waals surface area contributed by atoms with Crippen molar-refractivity contribution in [2.45, 2.75) is 12.1 Å². The highest BCUT2D eigenvalue weighted by molar-refractivity contribution is 6.42. The number of carbonyl (C=O) groups excluding carboxylic acids is 2. The maximum atomic E-state index is 13.3. The lowest BCUT2D eigenvalue weighted by Gasteiger charge is -2.33. The molecule has 8 rings (SSSR count). The molecule has 2 atom stereocenters. The van der Waals surface area contributed by atoms with E-state index >= 15 is 0 Å². The molecular weight excluding hydrogens is 446 g/mol. The van der Waals surface area contributed by atoms with Crippen molar-refractivity contribution in [2.24, 2.45) is 0 Å². The third-order valence-electron chi connectivity index (χ3n) is 7.59. The molecule has 36 heavy (non-hydrogen) atoms. The lowest BCUT2D eigenvalue weighted by Crippen LogP contribution is -2.31. The van der Waals surface area contributed by atoms with E-state index in [1.54, 1.807) is 6.08 Å². The summed E-state index contributed by atoms with van der Waals surface area (Å²) < 4.78 is 8.80. The summed E-state index contributed by atoms with van der Waals surface area (Å²) in [6.45, 7) is 0. The van der Waals surface area contributed by atoms with Crippen molar-refractivity contribution < 1.29 is 14.3 Å². The zero-order valence-corrected chi connectivity index (χ0v) is 19.1. The van der Waals surface area contributed by atoms with Crippen LogP contribution in [0.2, 0.25) is 0 Å². The smallest absolute Gasteiger partial charge is 0.197 e. The van der Waals surface area contributed by atoms with Gasteiger partial charge >= 0.3 is 0 Å². The standard InChI is InChI=1S/C32H19NO3/c34-31-23-16-19-7-1-2-8-20(19)17-24(23)32(35)25(31)14-18-13-22-21-9-3-4-10-26(21)33-27-11-5-6-12-28(27)36-29(15-18)30(22)33/h1-17,27-28H. The molecule has 0 N–H and O–H groups in total. The summed E-state index contributed by atoms with van der Waals surface area (Å²) in [7, 11) is 0. The number of hydrogen-bond donors (Lipinski definition) is 0. The van der Waals surface area contributed by atoms with E-state index in [1.165, 1.54) is 0 Å². The van der Waals surface area contributed by atoms with Gasteiger partial charge in [-0.25, -0.2) is 0 Å². The third kappa shape index (κ3) is 2.53.